The van der Waals surface area contributed by atoms with E-state index in [4.69, 9.17) is 10.6 Å². The Kier molecular flexibility index (Phi) is 1.06. The summed E-state index contributed by atoms with van der Waals surface area (Å²) in [5, 5.41) is 3.98. The van der Waals surface area contributed by atoms with Gasteiger partial charge in [-0.05, 0) is 0 Å². The first-order chi connectivity index (χ1) is 5.33. The minimum Gasteiger partial charge on any atom is -0.415 e. The Morgan fingerprint density at radius 2 is 2.36 bits per heavy atom. The van der Waals surface area contributed by atoms with Gasteiger partial charge < -0.3 is 10.6 Å². The molecule has 0 radical (unpaired) electrons. The van der Waals surface area contributed by atoms with Crippen LogP contribution >= 0.6 is 0 Å². The van der Waals surface area contributed by atoms with Crippen LogP contribution in [-0.2, 0) is 0 Å². The van der Waals surface area contributed by atoms with Crippen molar-refractivity contribution in [2.75, 3.05) is 12.8 Å². The molecule has 2 aromatic rings. The molecule has 5 nitrogen and oxygen atoms in total. The number of fused-ring (bicyclic) bond motifs is 1. The summed E-state index contributed by atoms with van der Waals surface area (Å²) in [6.45, 7) is 0. The molecule has 0 aromatic carbocycles. The van der Waals surface area contributed by atoms with E-state index >= 15 is 0 Å². The summed E-state index contributed by atoms with van der Waals surface area (Å²) in [5.74, 6) is 0. The van der Waals surface area contributed by atoms with Gasteiger partial charge in [-0.1, -0.05) is 0 Å². The Bertz CT molecular complexity index is 375. The van der Waals surface area contributed by atoms with E-state index in [1.165, 1.54) is 0 Å². The predicted molar refractivity (Wildman–Crippen MR) is 40.1 cm³/mol. The van der Waals surface area contributed by atoms with Crippen LogP contribution < -0.4 is 10.6 Å². The Labute approximate surface area is 62.9 Å². The second kappa shape index (κ2) is 1.91. The number of anilines is 1. The molecule has 0 saturated carbocycles. The van der Waals surface area contributed by atoms with E-state index in [0.29, 0.717) is 5.69 Å². The van der Waals surface area contributed by atoms with Crippen LogP contribution in [-0.4, -0.2) is 21.5 Å². The molecule has 2 aromatic heterocycles. The zero-order valence-corrected chi connectivity index (χ0v) is 6.06. The van der Waals surface area contributed by atoms with Gasteiger partial charge in [-0.25, -0.2) is 4.52 Å². The van der Waals surface area contributed by atoms with Crippen molar-refractivity contribution in [3.8, 4) is 0 Å². The van der Waals surface area contributed by atoms with Crippen molar-refractivity contribution in [1.82, 2.24) is 14.3 Å². The highest BCUT2D eigenvalue weighted by Gasteiger charge is 2.04. The molecule has 0 fully saturated rings. The van der Waals surface area contributed by atoms with Crippen molar-refractivity contribution in [2.24, 2.45) is 0 Å². The van der Waals surface area contributed by atoms with Gasteiger partial charge >= 0.3 is 0 Å². The molecule has 0 saturated heterocycles. The maximum absolute atomic E-state index is 5.61. The van der Waals surface area contributed by atoms with Gasteiger partial charge in [0, 0.05) is 0 Å². The van der Waals surface area contributed by atoms with Gasteiger partial charge in [0.25, 0.3) is 0 Å². The lowest BCUT2D eigenvalue weighted by atomic mass is 10.6. The average Bonchev–Trinajstić information content (AvgIpc) is 2.54. The SMILES string of the molecule is COn1ccn2ncc(N)c12. The molecule has 58 valence electrons. The van der Waals surface area contributed by atoms with E-state index in [1.54, 1.807) is 34.9 Å². The van der Waals surface area contributed by atoms with Crippen LogP contribution in [0, 0.1) is 0 Å². The van der Waals surface area contributed by atoms with Gasteiger partial charge in [0.1, 0.15) is 7.11 Å². The maximum Gasteiger partial charge on any atom is 0.194 e. The van der Waals surface area contributed by atoms with E-state index in [0.717, 1.165) is 5.65 Å². The van der Waals surface area contributed by atoms with E-state index in [9.17, 15) is 0 Å². The van der Waals surface area contributed by atoms with Gasteiger partial charge in [0.05, 0.1) is 24.3 Å². The molecular weight excluding hydrogens is 144 g/mol. The molecule has 0 unspecified atom stereocenters. The normalized spacial score (nSPS) is 10.6. The molecule has 0 aliphatic heterocycles. The molecular formula is C6H8N4O. The molecule has 0 amide bonds. The highest BCUT2D eigenvalue weighted by Crippen LogP contribution is 2.11. The summed E-state index contributed by atoms with van der Waals surface area (Å²) in [7, 11) is 1.58. The van der Waals surface area contributed by atoms with E-state index in [2.05, 4.69) is 5.10 Å². The Balaban J connectivity index is 2.80. The molecule has 2 rings (SSSR count). The number of imidazole rings is 1. The molecule has 0 atom stereocenters. The zero-order valence-electron chi connectivity index (χ0n) is 6.06. The van der Waals surface area contributed by atoms with Crippen LogP contribution in [0.4, 0.5) is 5.69 Å². The molecule has 2 heterocycles. The second-order valence-corrected chi connectivity index (χ2v) is 2.17. The van der Waals surface area contributed by atoms with Crippen LogP contribution in [0.25, 0.3) is 5.65 Å². The first-order valence-corrected chi connectivity index (χ1v) is 3.17. The predicted octanol–water partition coefficient (Wildman–Crippen LogP) is -0.224. The third-order valence-electron chi connectivity index (χ3n) is 1.55. The Hall–Kier alpha value is -1.65. The lowest BCUT2D eigenvalue weighted by Crippen LogP contribution is -2.04. The monoisotopic (exact) mass is 152 g/mol. The summed E-state index contributed by atoms with van der Waals surface area (Å²) in [6, 6.07) is 0. The van der Waals surface area contributed by atoms with Crippen LogP contribution in [0.5, 0.6) is 0 Å². The van der Waals surface area contributed by atoms with Crippen molar-refractivity contribution in [3.05, 3.63) is 18.6 Å². The summed E-state index contributed by atoms with van der Waals surface area (Å²) in [4.78, 5) is 4.98. The minimum atomic E-state index is 0.608. The molecule has 5 heteroatoms. The summed E-state index contributed by atoms with van der Waals surface area (Å²) < 4.78 is 3.21. The molecule has 2 N–H and O–H groups in total. The first-order valence-electron chi connectivity index (χ1n) is 3.17. The van der Waals surface area contributed by atoms with Gasteiger partial charge in [-0.2, -0.15) is 9.83 Å². The quantitative estimate of drug-likeness (QED) is 0.614. The number of hydrogen-bond acceptors (Lipinski definition) is 3. The Morgan fingerprint density at radius 1 is 1.55 bits per heavy atom. The standard InChI is InChI=1S/C6H8N4O/c1-11-10-3-2-9-6(10)5(7)4-8-9/h2-4H,7H2,1H3. The van der Waals surface area contributed by atoms with Gasteiger partial charge in [-0.15, -0.1) is 0 Å². The molecule has 0 bridgehead atoms. The number of nitrogens with zero attached hydrogens (tertiary/aromatic N) is 3. The van der Waals surface area contributed by atoms with Crippen LogP contribution in [0.15, 0.2) is 18.6 Å². The van der Waals surface area contributed by atoms with E-state index in [-0.39, 0.29) is 0 Å². The molecule has 0 aliphatic carbocycles. The number of hydrogen-bond donors (Lipinski definition) is 1. The summed E-state index contributed by atoms with van der Waals surface area (Å²) in [5.41, 5.74) is 6.98. The third-order valence-corrected chi connectivity index (χ3v) is 1.55. The van der Waals surface area contributed by atoms with Crippen LogP contribution in [0.3, 0.4) is 0 Å². The fourth-order valence-electron chi connectivity index (χ4n) is 1.05. The average molecular weight is 152 g/mol. The number of aromatic nitrogens is 3. The van der Waals surface area contributed by atoms with Crippen molar-refractivity contribution in [3.63, 3.8) is 0 Å². The fraction of sp³-hybridized carbons (Fsp3) is 0.167. The van der Waals surface area contributed by atoms with Crippen LogP contribution in [0.1, 0.15) is 0 Å². The van der Waals surface area contributed by atoms with Gasteiger partial charge in [0.15, 0.2) is 5.65 Å². The highest BCUT2D eigenvalue weighted by molar-refractivity contribution is 5.63. The fourth-order valence-corrected chi connectivity index (χ4v) is 1.05. The number of nitrogens with two attached hydrogens (primary N) is 1. The molecule has 0 spiro atoms. The lowest BCUT2D eigenvalue weighted by Gasteiger charge is -1.98. The first kappa shape index (κ1) is 6.09. The number of nitrogen functional groups attached to an aromatic ring is 1. The van der Waals surface area contributed by atoms with Gasteiger partial charge in [0.2, 0.25) is 0 Å². The maximum atomic E-state index is 5.61. The third kappa shape index (κ3) is 0.674. The number of rotatable bonds is 1. The lowest BCUT2D eigenvalue weighted by molar-refractivity contribution is 0.178. The molecule has 11 heavy (non-hydrogen) atoms. The molecule has 0 aliphatic rings. The topological polar surface area (TPSA) is 57.5 Å². The summed E-state index contributed by atoms with van der Waals surface area (Å²) >= 11 is 0. The van der Waals surface area contributed by atoms with Crippen molar-refractivity contribution in [1.29, 1.82) is 0 Å². The zero-order chi connectivity index (χ0) is 7.84. The van der Waals surface area contributed by atoms with Gasteiger partial charge in [-0.3, -0.25) is 0 Å². The summed E-state index contributed by atoms with van der Waals surface area (Å²) in [6.07, 6.45) is 5.11. The Morgan fingerprint density at radius 3 is 3.09 bits per heavy atom. The smallest absolute Gasteiger partial charge is 0.194 e. The van der Waals surface area contributed by atoms with E-state index in [1.807, 2.05) is 0 Å². The second-order valence-electron chi connectivity index (χ2n) is 2.17. The van der Waals surface area contributed by atoms with Crippen molar-refractivity contribution < 1.29 is 4.84 Å². The van der Waals surface area contributed by atoms with Crippen molar-refractivity contribution >= 4 is 11.3 Å². The van der Waals surface area contributed by atoms with Crippen molar-refractivity contribution in [2.45, 2.75) is 0 Å². The minimum absolute atomic E-state index is 0.608. The largest absolute Gasteiger partial charge is 0.415 e. The van der Waals surface area contributed by atoms with Crippen LogP contribution in [0.2, 0.25) is 0 Å². The highest BCUT2D eigenvalue weighted by atomic mass is 16.6. The van der Waals surface area contributed by atoms with E-state index < -0.39 is 0 Å².